The first-order valence-electron chi connectivity index (χ1n) is 43.8. The zero-order valence-electron chi connectivity index (χ0n) is 77.7. The second-order valence-electron chi connectivity index (χ2n) is 25.2. The maximum atomic E-state index is 11.6. The molecule has 2 aromatic heterocycles. The van der Waals surface area contributed by atoms with Gasteiger partial charge in [0.25, 0.3) is 6.71 Å². The summed E-state index contributed by atoms with van der Waals surface area (Å²) in [4.78, 5) is 2.84. The van der Waals surface area contributed by atoms with Gasteiger partial charge in [-0.05, 0) is 158 Å². The van der Waals surface area contributed by atoms with Gasteiger partial charge in [0.1, 0.15) is 0 Å². The van der Waals surface area contributed by atoms with Crippen LogP contribution in [0, 0.1) is 6.85 Å². The van der Waals surface area contributed by atoms with Crippen LogP contribution in [0.15, 0.2) is 291 Å². The summed E-state index contributed by atoms with van der Waals surface area (Å²) in [6.45, 7) is 6.34. The quantitative estimate of drug-likeness (QED) is 0.141. The van der Waals surface area contributed by atoms with E-state index in [2.05, 4.69) is 0 Å². The highest BCUT2D eigenvalue weighted by molar-refractivity contribution is 7.00. The summed E-state index contributed by atoms with van der Waals surface area (Å²) in [7, 11) is 0. The standard InChI is InChI=1S/C87H69BN4/c1-56-48-81-83-82(49-56)92(85-71(59-32-16-10-17-33-59)52-62(87(5,6)7)53-72(85)60-34-18-11-19-35-60)80-55-64(90-77-42-26-22-38-67(77)68-39-23-27-43-78(68)90)45-47-74(80)88(83)73-46-44-63(89-75-40-24-20-36-65(75)66-37-21-25-41-76(66)89)54-79(73)91(81)84-69(57-28-12-8-13-29-57)50-61(86(2,3)4)51-70(84)58-30-14-9-15-31-58/h8-55H,1-7H3/i1D3,20D,21D,22D,23D,24D,25D,26D,27D,36D,37D,38D,39D,40D,41D,42D,43D,44D,45D,46D,47D,48D,49D,54D,55D. The van der Waals surface area contributed by atoms with Gasteiger partial charge in [-0.2, -0.15) is 0 Å². The Kier molecular flexibility index (Phi) is 7.76. The van der Waals surface area contributed by atoms with Crippen LogP contribution in [-0.4, -0.2) is 15.8 Å². The molecule has 4 nitrogen and oxygen atoms in total. The van der Waals surface area contributed by atoms with Crippen LogP contribution in [0.3, 0.4) is 0 Å². The van der Waals surface area contributed by atoms with Gasteiger partial charge in [0.15, 0.2) is 0 Å². The number of para-hydroxylation sites is 4. The number of nitrogens with zero attached hydrogens (tertiary/aromatic N) is 4. The SMILES string of the molecule is [2H]c1c([2H])c(-n2c3c([2H])c([2H])c([2H])c([2H])c3c3c([2H])c([2H])c([2H])c([2H])c32)c([2H])c2c1B1c3c([2H])c([2H])c(-n4c5c([2H])c([2H])c([2H])c([2H])c5c5c([2H])c([2H])c([2H])c([2H])c54)c([2H])c3N(c3c(-c4ccccc4)cc(C(C)(C)C)cc3-c3ccccc3)c3c([2H])c(C([2H])([2H])[2H])c([2H])c(c31)N2c1c(-c2ccccc2)cc(C(C)(C)C)cc1-c1ccccc1. The lowest BCUT2D eigenvalue weighted by Gasteiger charge is -2.46. The lowest BCUT2D eigenvalue weighted by atomic mass is 9.33. The highest BCUT2D eigenvalue weighted by Crippen LogP contribution is 2.55. The van der Waals surface area contributed by atoms with E-state index in [4.69, 9.17) is 5.48 Å². The largest absolute Gasteiger partial charge is 0.310 e. The third-order valence-corrected chi connectivity index (χ3v) is 17.6. The number of anilines is 6. The Labute approximate surface area is 577 Å². The zero-order chi connectivity index (χ0) is 85.5. The first kappa shape index (κ1) is 33.8. The van der Waals surface area contributed by atoms with Crippen LogP contribution < -0.4 is 26.2 Å². The molecule has 0 aliphatic carbocycles. The van der Waals surface area contributed by atoms with Crippen molar-refractivity contribution in [3.05, 3.63) is 307 Å². The van der Waals surface area contributed by atoms with Crippen LogP contribution in [0.25, 0.3) is 99.5 Å². The molecule has 0 saturated heterocycles. The average molecular weight is 1210 g/mol. The number of benzene rings is 13. The topological polar surface area (TPSA) is 16.3 Å². The lowest BCUT2D eigenvalue weighted by molar-refractivity contribution is 0.590. The molecule has 440 valence electrons. The highest BCUT2D eigenvalue weighted by Gasteiger charge is 2.46. The summed E-state index contributed by atoms with van der Waals surface area (Å²) in [6.07, 6.45) is 0. The van der Waals surface area contributed by atoms with Crippen molar-refractivity contribution in [1.82, 2.24) is 9.13 Å². The van der Waals surface area contributed by atoms with Gasteiger partial charge in [-0.25, -0.2) is 0 Å². The number of rotatable bonds is 8. The van der Waals surface area contributed by atoms with Crippen LogP contribution in [0.2, 0.25) is 0 Å². The summed E-state index contributed by atoms with van der Waals surface area (Å²) in [5, 5.41) is -1.84. The molecule has 0 fully saturated rings. The van der Waals surface area contributed by atoms with Crippen molar-refractivity contribution in [2.75, 3.05) is 9.80 Å². The van der Waals surface area contributed by atoms with Gasteiger partial charge in [0.05, 0.1) is 66.3 Å². The monoisotopic (exact) mass is 1210 g/mol. The molecule has 13 aromatic carbocycles. The molecule has 15 aromatic rings. The zero-order valence-corrected chi connectivity index (χ0v) is 50.7. The van der Waals surface area contributed by atoms with Gasteiger partial charge in [0, 0.05) is 82.0 Å². The van der Waals surface area contributed by atoms with Gasteiger partial charge < -0.3 is 18.9 Å². The van der Waals surface area contributed by atoms with Crippen molar-refractivity contribution < 1.29 is 37.0 Å². The summed E-state index contributed by atoms with van der Waals surface area (Å²) in [6, 6.07) is 22.9. The number of hydrogen-bond acceptors (Lipinski definition) is 2. The molecule has 2 aliphatic rings. The van der Waals surface area contributed by atoms with Gasteiger partial charge in [-0.3, -0.25) is 0 Å². The number of aromatic nitrogens is 2. The van der Waals surface area contributed by atoms with Gasteiger partial charge >= 0.3 is 0 Å². The van der Waals surface area contributed by atoms with E-state index in [-0.39, 0.29) is 16.8 Å². The molecule has 5 heteroatoms. The Hall–Kier alpha value is -10.9. The lowest BCUT2D eigenvalue weighted by Crippen LogP contribution is -2.61. The Bertz CT molecular complexity index is 6350. The fourth-order valence-corrected chi connectivity index (χ4v) is 13.3. The predicted octanol–water partition coefficient (Wildman–Crippen LogP) is 21.5. The van der Waals surface area contributed by atoms with E-state index in [0.29, 0.717) is 55.6 Å². The smallest absolute Gasteiger partial charge is 0.252 e. The predicted molar refractivity (Wildman–Crippen MR) is 393 cm³/mol. The van der Waals surface area contributed by atoms with E-state index < -0.39 is 264 Å². The molecular weight excluding hydrogens is 1110 g/mol. The third-order valence-electron chi connectivity index (χ3n) is 17.6. The van der Waals surface area contributed by atoms with Gasteiger partial charge in [-0.1, -0.05) is 247 Å². The van der Waals surface area contributed by atoms with Crippen molar-refractivity contribution in [3.63, 3.8) is 0 Å². The molecule has 2 aliphatic heterocycles. The molecule has 92 heavy (non-hydrogen) atoms. The minimum atomic E-state index is -3.53. The van der Waals surface area contributed by atoms with E-state index in [1.54, 1.807) is 121 Å². The molecule has 0 unspecified atom stereocenters. The van der Waals surface area contributed by atoms with E-state index in [1.807, 2.05) is 65.8 Å². The molecule has 0 amide bonds. The van der Waals surface area contributed by atoms with Crippen molar-refractivity contribution in [1.29, 1.82) is 0 Å². The van der Waals surface area contributed by atoms with E-state index in [9.17, 15) is 31.5 Å². The van der Waals surface area contributed by atoms with Crippen molar-refractivity contribution in [2.45, 2.75) is 59.2 Å². The number of hydrogen-bond donors (Lipinski definition) is 0. The molecule has 0 saturated carbocycles. The molecule has 0 radical (unpaired) electrons. The Morgan fingerprint density at radius 1 is 0.348 bits per heavy atom. The molecule has 0 bridgehead atoms. The summed E-state index contributed by atoms with van der Waals surface area (Å²) < 4.78 is 272. The van der Waals surface area contributed by atoms with Crippen LogP contribution in [0.1, 0.15) is 95.2 Å². The molecule has 0 N–H and O–H groups in total. The maximum absolute atomic E-state index is 11.6. The molecule has 0 spiro atoms. The molecule has 0 atom stereocenters. The minimum absolute atomic E-state index is 0.0637. The minimum Gasteiger partial charge on any atom is -0.310 e. The fraction of sp³-hybridized carbons (Fsp3) is 0.103. The van der Waals surface area contributed by atoms with E-state index in [0.717, 1.165) is 9.13 Å². The van der Waals surface area contributed by atoms with E-state index >= 15 is 0 Å². The Balaban J connectivity index is 1.20. The fourth-order valence-electron chi connectivity index (χ4n) is 13.3. The van der Waals surface area contributed by atoms with Crippen LogP contribution in [-0.2, 0) is 10.8 Å². The van der Waals surface area contributed by atoms with Crippen molar-refractivity contribution >= 4 is 101 Å². The Morgan fingerprint density at radius 2 is 0.652 bits per heavy atom. The van der Waals surface area contributed by atoms with Crippen LogP contribution in [0.5, 0.6) is 0 Å². The van der Waals surface area contributed by atoms with Crippen LogP contribution >= 0.6 is 0 Å². The first-order valence-corrected chi connectivity index (χ1v) is 30.3. The number of fused-ring (bicyclic) bond motifs is 10. The van der Waals surface area contributed by atoms with Crippen LogP contribution in [0.4, 0.5) is 34.1 Å². The Morgan fingerprint density at radius 3 is 0.946 bits per heavy atom. The molecule has 17 rings (SSSR count). The first-order chi connectivity index (χ1) is 56.1. The molecule has 4 heterocycles. The summed E-state index contributed by atoms with van der Waals surface area (Å²) in [5.41, 5.74) is -4.32. The van der Waals surface area contributed by atoms with Gasteiger partial charge in [-0.15, -0.1) is 0 Å². The summed E-state index contributed by atoms with van der Waals surface area (Å²) in [5.74, 6) is 0. The summed E-state index contributed by atoms with van der Waals surface area (Å²) >= 11 is 0. The van der Waals surface area contributed by atoms with Gasteiger partial charge in [0.2, 0.25) is 0 Å². The third kappa shape index (κ3) is 8.74. The van der Waals surface area contributed by atoms with E-state index in [1.165, 1.54) is 9.80 Å². The second-order valence-corrected chi connectivity index (χ2v) is 25.2. The second kappa shape index (κ2) is 21.1. The highest BCUT2D eigenvalue weighted by atomic mass is 15.2. The van der Waals surface area contributed by atoms with Crippen molar-refractivity contribution in [2.24, 2.45) is 0 Å². The van der Waals surface area contributed by atoms with Crippen molar-refractivity contribution in [3.8, 4) is 55.9 Å². The average Bonchev–Trinajstić information content (AvgIpc) is 1.68. The molecular formula is C87H69BN4. The normalized spacial score (nSPS) is 17.2. The maximum Gasteiger partial charge on any atom is 0.252 e.